The number of nitrogens with zero attached hydrogens (tertiary/aromatic N) is 1. The van der Waals surface area contributed by atoms with Crippen LogP contribution in [0.5, 0.6) is 0 Å². The fourth-order valence-corrected chi connectivity index (χ4v) is 3.70. The smallest absolute Gasteiger partial charge is 0.241 e. The Morgan fingerprint density at radius 2 is 2.24 bits per heavy atom. The van der Waals surface area contributed by atoms with Crippen molar-refractivity contribution in [2.75, 3.05) is 18.8 Å². The fourth-order valence-electron chi connectivity index (χ4n) is 2.49. The highest BCUT2D eigenvalue weighted by molar-refractivity contribution is 8.14. The predicted molar refractivity (Wildman–Crippen MR) is 72.4 cm³/mol. The monoisotopic (exact) mass is 255 g/mol. The topological polar surface area (TPSA) is 53.5 Å². The molecule has 4 nitrogen and oxygen atoms in total. The second-order valence-electron chi connectivity index (χ2n) is 4.83. The van der Waals surface area contributed by atoms with Crippen LogP contribution in [0.25, 0.3) is 0 Å². The molecule has 0 radical (unpaired) electrons. The van der Waals surface area contributed by atoms with Crippen LogP contribution in [0.15, 0.2) is 4.99 Å². The third-order valence-electron chi connectivity index (χ3n) is 3.41. The Bertz CT molecular complexity index is 311. The van der Waals surface area contributed by atoms with Crippen LogP contribution in [0, 0.1) is 0 Å². The first-order valence-corrected chi connectivity index (χ1v) is 7.45. The molecule has 1 saturated heterocycles. The van der Waals surface area contributed by atoms with Crippen LogP contribution in [0.4, 0.5) is 0 Å². The number of hydrogen-bond acceptors (Lipinski definition) is 3. The standard InChI is InChI=1S/C12H21N3OS/c1-2-13-10(16)8-14-11-15-12(9-17-11)6-4-3-5-7-12/h2-9H2,1H3,(H,13,16)(H,14,15). The number of amides is 1. The van der Waals surface area contributed by atoms with Crippen LogP contribution in [-0.4, -0.2) is 35.5 Å². The van der Waals surface area contributed by atoms with E-state index in [1.54, 1.807) is 11.8 Å². The van der Waals surface area contributed by atoms with Crippen LogP contribution in [0.1, 0.15) is 39.0 Å². The third-order valence-corrected chi connectivity index (χ3v) is 4.61. The van der Waals surface area contributed by atoms with Gasteiger partial charge >= 0.3 is 0 Å². The summed E-state index contributed by atoms with van der Waals surface area (Å²) >= 11 is 1.77. The maximum Gasteiger partial charge on any atom is 0.241 e. The average Bonchev–Trinajstić information content (AvgIpc) is 2.71. The molecule has 0 unspecified atom stereocenters. The third kappa shape index (κ3) is 3.37. The first-order valence-electron chi connectivity index (χ1n) is 6.46. The minimum atomic E-state index is 0.00648. The number of carbonyl (C=O) groups excluding carboxylic acids is 1. The second kappa shape index (κ2) is 5.76. The number of nitrogens with one attached hydrogen (secondary N) is 2. The summed E-state index contributed by atoms with van der Waals surface area (Å²) in [5, 5.41) is 7.25. The van der Waals surface area contributed by atoms with Crippen molar-refractivity contribution >= 4 is 22.8 Å². The Balaban J connectivity index is 1.84. The molecule has 2 rings (SSSR count). The molecule has 2 fully saturated rings. The molecule has 1 saturated carbocycles. The van der Waals surface area contributed by atoms with Crippen molar-refractivity contribution in [1.82, 2.24) is 10.6 Å². The summed E-state index contributed by atoms with van der Waals surface area (Å²) < 4.78 is 0. The Hall–Kier alpha value is -0.710. The van der Waals surface area contributed by atoms with Crippen molar-refractivity contribution in [3.63, 3.8) is 0 Å². The van der Waals surface area contributed by atoms with Gasteiger partial charge < -0.3 is 10.6 Å². The van der Waals surface area contributed by atoms with E-state index in [-0.39, 0.29) is 18.0 Å². The number of amidine groups is 1. The molecule has 5 heteroatoms. The van der Waals surface area contributed by atoms with E-state index in [4.69, 9.17) is 0 Å². The Morgan fingerprint density at radius 3 is 2.94 bits per heavy atom. The minimum absolute atomic E-state index is 0.00648. The van der Waals surface area contributed by atoms with Gasteiger partial charge in [-0.3, -0.25) is 9.79 Å². The van der Waals surface area contributed by atoms with E-state index in [1.165, 1.54) is 32.1 Å². The summed E-state index contributed by atoms with van der Waals surface area (Å²) in [6.45, 7) is 2.85. The van der Waals surface area contributed by atoms with Crippen LogP contribution in [0.2, 0.25) is 0 Å². The number of aliphatic imine (C=N–C) groups is 1. The lowest BCUT2D eigenvalue weighted by atomic mass is 9.83. The summed E-state index contributed by atoms with van der Waals surface area (Å²) in [6.07, 6.45) is 6.49. The van der Waals surface area contributed by atoms with Crippen molar-refractivity contribution in [3.8, 4) is 0 Å². The SMILES string of the molecule is CCNC(=O)CN=C1NC2(CCCCC2)CS1. The zero-order valence-electron chi connectivity index (χ0n) is 10.4. The van der Waals surface area contributed by atoms with Gasteiger partial charge in [0, 0.05) is 17.8 Å². The Kier molecular flexibility index (Phi) is 4.31. The van der Waals surface area contributed by atoms with Crippen molar-refractivity contribution in [1.29, 1.82) is 0 Å². The molecule has 0 aromatic carbocycles. The zero-order chi connectivity index (χ0) is 12.1. The lowest BCUT2D eigenvalue weighted by Crippen LogP contribution is -2.45. The summed E-state index contributed by atoms with van der Waals surface area (Å²) in [5.41, 5.74) is 0.281. The highest BCUT2D eigenvalue weighted by Gasteiger charge is 2.37. The highest BCUT2D eigenvalue weighted by atomic mass is 32.2. The van der Waals surface area contributed by atoms with Crippen LogP contribution < -0.4 is 10.6 Å². The molecule has 1 spiro atoms. The van der Waals surface area contributed by atoms with Gasteiger partial charge in [-0.05, 0) is 19.8 Å². The summed E-state index contributed by atoms with van der Waals surface area (Å²) in [7, 11) is 0. The van der Waals surface area contributed by atoms with E-state index >= 15 is 0 Å². The van der Waals surface area contributed by atoms with Gasteiger partial charge in [-0.2, -0.15) is 0 Å². The maximum atomic E-state index is 11.3. The van der Waals surface area contributed by atoms with E-state index in [1.807, 2.05) is 6.92 Å². The van der Waals surface area contributed by atoms with Crippen LogP contribution >= 0.6 is 11.8 Å². The number of rotatable bonds is 3. The number of likely N-dealkylation sites (N-methyl/N-ethyl adjacent to an activating group) is 1. The molecule has 1 amide bonds. The summed E-state index contributed by atoms with van der Waals surface area (Å²) in [5.74, 6) is 1.12. The molecule has 96 valence electrons. The van der Waals surface area contributed by atoms with Crippen molar-refractivity contribution in [2.45, 2.75) is 44.6 Å². The molecular weight excluding hydrogens is 234 g/mol. The van der Waals surface area contributed by atoms with Crippen molar-refractivity contribution in [2.24, 2.45) is 4.99 Å². The molecule has 2 N–H and O–H groups in total. The Morgan fingerprint density at radius 1 is 1.47 bits per heavy atom. The Labute approximate surface area is 107 Å². The molecule has 1 aliphatic carbocycles. The molecule has 0 bridgehead atoms. The number of carbonyl (C=O) groups is 1. The van der Waals surface area contributed by atoms with Gasteiger partial charge in [0.2, 0.25) is 5.91 Å². The van der Waals surface area contributed by atoms with Gasteiger partial charge in [0.25, 0.3) is 0 Å². The van der Waals surface area contributed by atoms with Crippen LogP contribution in [0.3, 0.4) is 0 Å². The molecule has 1 aliphatic heterocycles. The highest BCUT2D eigenvalue weighted by Crippen LogP contribution is 2.35. The maximum absolute atomic E-state index is 11.3. The summed E-state index contributed by atoms with van der Waals surface area (Å²) in [6, 6.07) is 0. The lowest BCUT2D eigenvalue weighted by molar-refractivity contribution is -0.119. The molecule has 0 aromatic heterocycles. The second-order valence-corrected chi connectivity index (χ2v) is 5.79. The van der Waals surface area contributed by atoms with Crippen molar-refractivity contribution < 1.29 is 4.79 Å². The quantitative estimate of drug-likeness (QED) is 0.804. The number of thioether (sulfide) groups is 1. The van der Waals surface area contributed by atoms with Gasteiger partial charge in [-0.25, -0.2) is 0 Å². The zero-order valence-corrected chi connectivity index (χ0v) is 11.2. The largest absolute Gasteiger partial charge is 0.359 e. The molecule has 2 aliphatic rings. The fraction of sp³-hybridized carbons (Fsp3) is 0.833. The van der Waals surface area contributed by atoms with Gasteiger partial charge in [0.05, 0.1) is 0 Å². The first-order chi connectivity index (χ1) is 8.24. The molecule has 0 atom stereocenters. The van der Waals surface area contributed by atoms with E-state index < -0.39 is 0 Å². The lowest BCUT2D eigenvalue weighted by Gasteiger charge is -2.32. The normalized spacial score (nSPS) is 24.9. The number of hydrogen-bond donors (Lipinski definition) is 2. The molecular formula is C12H21N3OS. The van der Waals surface area contributed by atoms with Crippen LogP contribution in [-0.2, 0) is 4.79 Å². The summed E-state index contributed by atoms with van der Waals surface area (Å²) in [4.78, 5) is 15.7. The van der Waals surface area contributed by atoms with E-state index in [9.17, 15) is 4.79 Å². The van der Waals surface area contributed by atoms with E-state index in [0.717, 1.165) is 10.9 Å². The minimum Gasteiger partial charge on any atom is -0.359 e. The van der Waals surface area contributed by atoms with E-state index in [2.05, 4.69) is 15.6 Å². The van der Waals surface area contributed by atoms with Gasteiger partial charge in [-0.1, -0.05) is 31.0 Å². The molecule has 17 heavy (non-hydrogen) atoms. The molecule has 1 heterocycles. The molecule has 0 aromatic rings. The van der Waals surface area contributed by atoms with E-state index in [0.29, 0.717) is 6.54 Å². The average molecular weight is 255 g/mol. The first kappa shape index (κ1) is 12.7. The van der Waals surface area contributed by atoms with Crippen molar-refractivity contribution in [3.05, 3.63) is 0 Å². The predicted octanol–water partition coefficient (Wildman–Crippen LogP) is 1.52. The van der Waals surface area contributed by atoms with Gasteiger partial charge in [-0.15, -0.1) is 0 Å². The van der Waals surface area contributed by atoms with Gasteiger partial charge in [0.15, 0.2) is 5.17 Å². The van der Waals surface area contributed by atoms with Gasteiger partial charge in [0.1, 0.15) is 6.54 Å².